The van der Waals surface area contributed by atoms with E-state index in [9.17, 15) is 9.18 Å². The minimum atomic E-state index is -0.360. The van der Waals surface area contributed by atoms with Crippen molar-refractivity contribution in [3.8, 4) is 11.8 Å². The molecule has 136 valence electrons. The van der Waals surface area contributed by atoms with Gasteiger partial charge in [0.05, 0.1) is 30.1 Å². The third-order valence-electron chi connectivity index (χ3n) is 3.88. The minimum absolute atomic E-state index is 0.139. The maximum Gasteiger partial charge on any atom is 0.280 e. The fourth-order valence-electron chi connectivity index (χ4n) is 2.47. The lowest BCUT2D eigenvalue weighted by atomic mass is 10.2. The first kappa shape index (κ1) is 18.2. The van der Waals surface area contributed by atoms with Crippen LogP contribution in [0.1, 0.15) is 16.1 Å². The summed E-state index contributed by atoms with van der Waals surface area (Å²) in [6.07, 6.45) is 1.49. The first-order chi connectivity index (χ1) is 13.1. The Balaban J connectivity index is 1.87. The summed E-state index contributed by atoms with van der Waals surface area (Å²) in [7, 11) is 1.55. The molecule has 0 radical (unpaired) electrons. The Morgan fingerprint density at radius 3 is 2.56 bits per heavy atom. The molecule has 0 saturated heterocycles. The molecule has 0 N–H and O–H groups in total. The molecule has 0 atom stereocenters. The largest absolute Gasteiger partial charge is 0.383 e. The second-order valence-corrected chi connectivity index (χ2v) is 5.63. The number of ether oxygens (including phenoxy) is 1. The number of rotatable bonds is 6. The molecule has 3 rings (SSSR count). The van der Waals surface area contributed by atoms with Crippen molar-refractivity contribution < 1.29 is 13.9 Å². The van der Waals surface area contributed by atoms with Crippen molar-refractivity contribution in [2.45, 2.75) is 0 Å². The molecule has 2 aromatic carbocycles. The van der Waals surface area contributed by atoms with Crippen molar-refractivity contribution >= 4 is 11.6 Å². The van der Waals surface area contributed by atoms with E-state index in [-0.39, 0.29) is 17.4 Å². The van der Waals surface area contributed by atoms with Crippen LogP contribution in [0.4, 0.5) is 10.1 Å². The van der Waals surface area contributed by atoms with Crippen LogP contribution in [0.5, 0.6) is 0 Å². The van der Waals surface area contributed by atoms with E-state index >= 15 is 0 Å². The SMILES string of the molecule is COCCN(C(=O)c1cn(-c2ccc(F)cc2)nn1)c1ccc(C#N)cc1. The normalized spacial score (nSPS) is 10.4. The molecule has 27 heavy (non-hydrogen) atoms. The Hall–Kier alpha value is -3.57. The van der Waals surface area contributed by atoms with Crippen LogP contribution >= 0.6 is 0 Å². The van der Waals surface area contributed by atoms with Gasteiger partial charge in [-0.2, -0.15) is 5.26 Å². The molecule has 0 aliphatic rings. The average Bonchev–Trinajstić information content (AvgIpc) is 3.19. The molecule has 0 aliphatic carbocycles. The van der Waals surface area contributed by atoms with Gasteiger partial charge in [-0.15, -0.1) is 5.10 Å². The number of carbonyl (C=O) groups is 1. The number of methoxy groups -OCH3 is 1. The van der Waals surface area contributed by atoms with Crippen LogP contribution in [-0.4, -0.2) is 41.2 Å². The second kappa shape index (κ2) is 8.21. The Labute approximate surface area is 155 Å². The summed E-state index contributed by atoms with van der Waals surface area (Å²) in [6.45, 7) is 0.641. The molecule has 0 fully saturated rings. The molecule has 0 saturated carbocycles. The maximum absolute atomic E-state index is 13.1. The average molecular weight is 365 g/mol. The molecule has 1 aromatic heterocycles. The van der Waals surface area contributed by atoms with Crippen molar-refractivity contribution in [2.24, 2.45) is 0 Å². The molecule has 3 aromatic rings. The van der Waals surface area contributed by atoms with E-state index in [2.05, 4.69) is 10.3 Å². The highest BCUT2D eigenvalue weighted by atomic mass is 19.1. The van der Waals surface area contributed by atoms with Gasteiger partial charge in [0.2, 0.25) is 0 Å². The van der Waals surface area contributed by atoms with Crippen LogP contribution in [-0.2, 0) is 4.74 Å². The van der Waals surface area contributed by atoms with Gasteiger partial charge in [-0.05, 0) is 48.5 Å². The number of benzene rings is 2. The number of halogens is 1. The van der Waals surface area contributed by atoms with Crippen molar-refractivity contribution in [1.82, 2.24) is 15.0 Å². The highest BCUT2D eigenvalue weighted by Crippen LogP contribution is 2.18. The topological polar surface area (TPSA) is 84.0 Å². The third-order valence-corrected chi connectivity index (χ3v) is 3.88. The van der Waals surface area contributed by atoms with Gasteiger partial charge in [0, 0.05) is 19.3 Å². The number of hydrogen-bond donors (Lipinski definition) is 0. The van der Waals surface area contributed by atoms with E-state index in [4.69, 9.17) is 10.00 Å². The summed E-state index contributed by atoms with van der Waals surface area (Å²) in [4.78, 5) is 14.4. The number of amides is 1. The highest BCUT2D eigenvalue weighted by Gasteiger charge is 2.21. The zero-order valence-corrected chi connectivity index (χ0v) is 14.5. The van der Waals surface area contributed by atoms with Gasteiger partial charge in [-0.3, -0.25) is 4.79 Å². The number of carbonyl (C=O) groups excluding carboxylic acids is 1. The van der Waals surface area contributed by atoms with Crippen molar-refractivity contribution in [2.75, 3.05) is 25.2 Å². The van der Waals surface area contributed by atoms with E-state index in [1.54, 1.807) is 43.5 Å². The van der Waals surface area contributed by atoms with Crippen molar-refractivity contribution in [3.63, 3.8) is 0 Å². The zero-order valence-electron chi connectivity index (χ0n) is 14.5. The van der Waals surface area contributed by atoms with Gasteiger partial charge in [-0.25, -0.2) is 9.07 Å². The lowest BCUT2D eigenvalue weighted by Crippen LogP contribution is -2.34. The fraction of sp³-hybridized carbons (Fsp3) is 0.158. The van der Waals surface area contributed by atoms with E-state index < -0.39 is 0 Å². The predicted molar refractivity (Wildman–Crippen MR) is 96.0 cm³/mol. The molecular formula is C19H16FN5O2. The molecule has 0 spiro atoms. The van der Waals surface area contributed by atoms with Gasteiger partial charge < -0.3 is 9.64 Å². The predicted octanol–water partition coefficient (Wildman–Crippen LogP) is 2.57. The van der Waals surface area contributed by atoms with Crippen LogP contribution in [0.2, 0.25) is 0 Å². The lowest BCUT2D eigenvalue weighted by Gasteiger charge is -2.21. The monoisotopic (exact) mass is 365 g/mol. The molecule has 8 heteroatoms. The Morgan fingerprint density at radius 1 is 1.22 bits per heavy atom. The van der Waals surface area contributed by atoms with E-state index in [0.29, 0.717) is 30.1 Å². The van der Waals surface area contributed by atoms with Crippen LogP contribution in [0, 0.1) is 17.1 Å². The third kappa shape index (κ3) is 4.16. The number of hydrogen-bond acceptors (Lipinski definition) is 5. The molecule has 1 heterocycles. The summed E-state index contributed by atoms with van der Waals surface area (Å²) in [6, 6.07) is 14.4. The quantitative estimate of drug-likeness (QED) is 0.670. The van der Waals surface area contributed by atoms with Crippen molar-refractivity contribution in [3.05, 3.63) is 71.8 Å². The summed E-state index contributed by atoms with van der Waals surface area (Å²) in [5, 5.41) is 16.8. The number of nitrogens with zero attached hydrogens (tertiary/aromatic N) is 5. The summed E-state index contributed by atoms with van der Waals surface area (Å²) in [5.41, 5.74) is 1.84. The van der Waals surface area contributed by atoms with Crippen LogP contribution < -0.4 is 4.90 Å². The first-order valence-electron chi connectivity index (χ1n) is 8.11. The van der Waals surface area contributed by atoms with E-state index in [0.717, 1.165) is 0 Å². The van der Waals surface area contributed by atoms with Crippen LogP contribution in [0.3, 0.4) is 0 Å². The number of anilines is 1. The van der Waals surface area contributed by atoms with Gasteiger partial charge >= 0.3 is 0 Å². The summed E-state index contributed by atoms with van der Waals surface area (Å²) in [5.74, 6) is -0.716. The van der Waals surface area contributed by atoms with Crippen molar-refractivity contribution in [1.29, 1.82) is 5.26 Å². The fourth-order valence-corrected chi connectivity index (χ4v) is 2.47. The molecule has 0 aliphatic heterocycles. The molecule has 7 nitrogen and oxygen atoms in total. The van der Waals surface area contributed by atoms with Gasteiger partial charge in [0.25, 0.3) is 5.91 Å². The maximum atomic E-state index is 13.1. The molecular weight excluding hydrogens is 349 g/mol. The number of nitriles is 1. The zero-order chi connectivity index (χ0) is 19.2. The standard InChI is InChI=1S/C19H16FN5O2/c1-27-11-10-24(16-6-2-14(12-21)3-7-16)19(26)18-13-25(23-22-18)17-8-4-15(20)5-9-17/h2-9,13H,10-11H2,1H3. The Bertz CT molecular complexity index is 961. The molecule has 0 unspecified atom stereocenters. The summed E-state index contributed by atoms with van der Waals surface area (Å²) < 4.78 is 19.6. The summed E-state index contributed by atoms with van der Waals surface area (Å²) >= 11 is 0. The smallest absolute Gasteiger partial charge is 0.280 e. The van der Waals surface area contributed by atoms with E-state index in [1.807, 2.05) is 6.07 Å². The Morgan fingerprint density at radius 2 is 1.93 bits per heavy atom. The number of aromatic nitrogens is 3. The van der Waals surface area contributed by atoms with Crippen LogP contribution in [0.15, 0.2) is 54.7 Å². The van der Waals surface area contributed by atoms with E-state index in [1.165, 1.54) is 27.9 Å². The first-order valence-corrected chi connectivity index (χ1v) is 8.11. The van der Waals surface area contributed by atoms with Crippen LogP contribution in [0.25, 0.3) is 5.69 Å². The lowest BCUT2D eigenvalue weighted by molar-refractivity contribution is 0.0971. The highest BCUT2D eigenvalue weighted by molar-refractivity contribution is 6.04. The second-order valence-electron chi connectivity index (χ2n) is 5.63. The Kier molecular flexibility index (Phi) is 5.54. The molecule has 0 bridgehead atoms. The van der Waals surface area contributed by atoms with Gasteiger partial charge in [0.1, 0.15) is 5.82 Å². The van der Waals surface area contributed by atoms with Gasteiger partial charge in [0.15, 0.2) is 5.69 Å². The molecule has 1 amide bonds. The van der Waals surface area contributed by atoms with Gasteiger partial charge in [-0.1, -0.05) is 5.21 Å². The minimum Gasteiger partial charge on any atom is -0.383 e.